The predicted molar refractivity (Wildman–Crippen MR) is 169 cm³/mol. The van der Waals surface area contributed by atoms with Gasteiger partial charge >= 0.3 is 6.18 Å². The van der Waals surface area contributed by atoms with Crippen molar-refractivity contribution < 1.29 is 22.8 Å². The number of likely N-dealkylation sites (tertiary alicyclic amines) is 1. The highest BCUT2D eigenvalue weighted by Crippen LogP contribution is 2.46. The molecule has 6 fully saturated rings. The third kappa shape index (κ3) is 7.53. The maximum absolute atomic E-state index is 14.4. The van der Waals surface area contributed by atoms with Crippen LogP contribution >= 0.6 is 0 Å². The molecule has 3 saturated carbocycles. The van der Waals surface area contributed by atoms with Gasteiger partial charge in [0, 0.05) is 74.8 Å². The monoisotopic (exact) mass is 637 g/mol. The summed E-state index contributed by atoms with van der Waals surface area (Å²) >= 11 is 0. The van der Waals surface area contributed by atoms with E-state index >= 15 is 0 Å². The van der Waals surface area contributed by atoms with Crippen molar-refractivity contribution >= 4 is 11.8 Å². The van der Waals surface area contributed by atoms with Crippen LogP contribution in [0.3, 0.4) is 0 Å². The number of amides is 2. The Labute approximate surface area is 268 Å². The Hall–Kier alpha value is -1.39. The van der Waals surface area contributed by atoms with Crippen LogP contribution in [0.5, 0.6) is 0 Å². The van der Waals surface area contributed by atoms with Crippen LogP contribution in [-0.2, 0) is 9.59 Å². The number of halogens is 3. The molecule has 10 heteroatoms. The molecule has 0 bridgehead atoms. The Balaban J connectivity index is 1.13. The van der Waals surface area contributed by atoms with Gasteiger partial charge in [-0.05, 0) is 95.9 Å². The summed E-state index contributed by atoms with van der Waals surface area (Å²) in [6.45, 7) is 8.66. The van der Waals surface area contributed by atoms with E-state index in [0.29, 0.717) is 42.3 Å². The van der Waals surface area contributed by atoms with Gasteiger partial charge in [-0.3, -0.25) is 14.5 Å². The Kier molecular flexibility index (Phi) is 10.4. The third-order valence-electron chi connectivity index (χ3n) is 13.0. The Morgan fingerprint density at radius 3 is 2.31 bits per heavy atom. The first-order chi connectivity index (χ1) is 21.5. The molecule has 3 saturated heterocycles. The average Bonchev–Trinajstić information content (AvgIpc) is 3.02. The molecule has 6 rings (SSSR count). The number of hydrogen-bond acceptors (Lipinski definition) is 5. The van der Waals surface area contributed by atoms with E-state index in [1.807, 2.05) is 7.05 Å². The topological polar surface area (TPSA) is 67.9 Å². The zero-order chi connectivity index (χ0) is 31.9. The van der Waals surface area contributed by atoms with E-state index in [1.54, 1.807) is 0 Å². The lowest BCUT2D eigenvalue weighted by molar-refractivity contribution is -0.192. The Morgan fingerprint density at radius 2 is 1.60 bits per heavy atom. The van der Waals surface area contributed by atoms with Crippen molar-refractivity contribution in [1.29, 1.82) is 0 Å². The molecule has 3 aliphatic heterocycles. The van der Waals surface area contributed by atoms with E-state index in [1.165, 1.54) is 19.3 Å². The summed E-state index contributed by atoms with van der Waals surface area (Å²) in [5, 5.41) is 6.95. The first-order valence-corrected chi connectivity index (χ1v) is 18.3. The molecule has 0 aromatic rings. The van der Waals surface area contributed by atoms with Gasteiger partial charge in [0.2, 0.25) is 11.8 Å². The largest absolute Gasteiger partial charge is 0.391 e. The van der Waals surface area contributed by atoms with Crippen LogP contribution in [0.1, 0.15) is 97.3 Å². The highest BCUT2D eigenvalue weighted by atomic mass is 19.4. The van der Waals surface area contributed by atoms with Gasteiger partial charge < -0.3 is 20.4 Å². The predicted octanol–water partition coefficient (Wildman–Crippen LogP) is 5.05. The smallest absolute Gasteiger partial charge is 0.353 e. The number of fused-ring (bicyclic) bond motifs is 1. The quantitative estimate of drug-likeness (QED) is 0.442. The molecule has 10 unspecified atom stereocenters. The lowest BCUT2D eigenvalue weighted by Crippen LogP contribution is -2.64. The number of piperazine rings is 1. The van der Waals surface area contributed by atoms with Crippen molar-refractivity contribution in [2.24, 2.45) is 35.5 Å². The third-order valence-corrected chi connectivity index (χ3v) is 13.0. The van der Waals surface area contributed by atoms with Crippen molar-refractivity contribution in [3.05, 3.63) is 0 Å². The summed E-state index contributed by atoms with van der Waals surface area (Å²) in [5.41, 5.74) is 0. The number of piperidine rings is 2. The van der Waals surface area contributed by atoms with E-state index in [9.17, 15) is 22.8 Å². The molecule has 45 heavy (non-hydrogen) atoms. The van der Waals surface area contributed by atoms with E-state index < -0.39 is 18.0 Å². The van der Waals surface area contributed by atoms with Crippen LogP contribution in [0.4, 0.5) is 13.2 Å². The average molecular weight is 638 g/mol. The lowest BCUT2D eigenvalue weighted by atomic mass is 9.65. The minimum absolute atomic E-state index is 0.0380. The number of carbonyl (C=O) groups excluding carboxylic acids is 2. The summed E-state index contributed by atoms with van der Waals surface area (Å²) in [5.74, 6) is -0.918. The SMILES string of the molecule is CC1CC2C(CN1)CC(C1CC(NC(=O)C3CC(N4CCN(C)CC4)CC(C(F)(F)F)C3)CCC1C)C(=O)N2C1CCCCC1. The van der Waals surface area contributed by atoms with Crippen LogP contribution in [0.25, 0.3) is 0 Å². The molecular formula is C35H58F3N5O2. The number of carbonyl (C=O) groups is 2. The van der Waals surface area contributed by atoms with E-state index in [2.05, 4.69) is 39.2 Å². The number of nitrogens with one attached hydrogen (secondary N) is 2. The van der Waals surface area contributed by atoms with Crippen LogP contribution in [0.2, 0.25) is 0 Å². The van der Waals surface area contributed by atoms with Crippen LogP contribution in [0.15, 0.2) is 0 Å². The summed E-state index contributed by atoms with van der Waals surface area (Å²) in [6.07, 6.45) is 6.52. The molecular weight excluding hydrogens is 579 g/mol. The summed E-state index contributed by atoms with van der Waals surface area (Å²) in [7, 11) is 2.05. The Bertz CT molecular complexity index is 1030. The maximum Gasteiger partial charge on any atom is 0.391 e. The molecule has 256 valence electrons. The molecule has 0 spiro atoms. The normalized spacial score (nSPS) is 41.5. The summed E-state index contributed by atoms with van der Waals surface area (Å²) < 4.78 is 42.2. The Morgan fingerprint density at radius 1 is 0.867 bits per heavy atom. The van der Waals surface area contributed by atoms with Gasteiger partial charge in [-0.25, -0.2) is 0 Å². The highest BCUT2D eigenvalue weighted by molar-refractivity contribution is 5.81. The first kappa shape index (κ1) is 33.5. The lowest BCUT2D eigenvalue weighted by Gasteiger charge is -2.54. The van der Waals surface area contributed by atoms with Gasteiger partial charge in [0.25, 0.3) is 0 Å². The van der Waals surface area contributed by atoms with Gasteiger partial charge in [0.15, 0.2) is 0 Å². The van der Waals surface area contributed by atoms with Gasteiger partial charge in [-0.15, -0.1) is 0 Å². The van der Waals surface area contributed by atoms with E-state index in [0.717, 1.165) is 77.7 Å². The number of rotatable bonds is 5. The minimum atomic E-state index is -4.29. The van der Waals surface area contributed by atoms with Gasteiger partial charge in [-0.2, -0.15) is 13.2 Å². The molecule has 2 amide bonds. The summed E-state index contributed by atoms with van der Waals surface area (Å²) in [6, 6.07) is 0.804. The van der Waals surface area contributed by atoms with Crippen molar-refractivity contribution in [3.63, 3.8) is 0 Å². The standard InChI is InChI=1S/C35H58F3N5O2/c1-22-9-10-27(40-33(44)24-16-26(35(36,37)38)19-29(17-24)42-13-11-41(3)12-14-42)20-30(22)31-18-25-21-39-23(2)15-32(25)43(34(31)45)28-7-5-4-6-8-28/h22-32,39H,4-21H2,1-3H3,(H,40,44). The molecule has 0 aromatic heterocycles. The van der Waals surface area contributed by atoms with Gasteiger partial charge in [-0.1, -0.05) is 26.2 Å². The van der Waals surface area contributed by atoms with Crippen molar-refractivity contribution in [1.82, 2.24) is 25.3 Å². The first-order valence-electron chi connectivity index (χ1n) is 18.3. The number of hydrogen-bond donors (Lipinski definition) is 2. The molecule has 10 atom stereocenters. The molecule has 7 nitrogen and oxygen atoms in total. The van der Waals surface area contributed by atoms with Crippen molar-refractivity contribution in [3.8, 4) is 0 Å². The highest BCUT2D eigenvalue weighted by Gasteiger charge is 2.51. The molecule has 0 radical (unpaired) electrons. The molecule has 2 N–H and O–H groups in total. The molecule has 3 heterocycles. The number of alkyl halides is 3. The minimum Gasteiger partial charge on any atom is -0.353 e. The van der Waals surface area contributed by atoms with E-state index in [-0.39, 0.29) is 42.7 Å². The fourth-order valence-electron chi connectivity index (χ4n) is 10.3. The van der Waals surface area contributed by atoms with Crippen molar-refractivity contribution in [2.45, 2.75) is 134 Å². The second kappa shape index (κ2) is 14.0. The zero-order valence-corrected chi connectivity index (χ0v) is 27.9. The van der Waals surface area contributed by atoms with Gasteiger partial charge in [0.1, 0.15) is 0 Å². The van der Waals surface area contributed by atoms with E-state index in [4.69, 9.17) is 0 Å². The fourth-order valence-corrected chi connectivity index (χ4v) is 10.3. The number of likely N-dealkylation sites (N-methyl/N-ethyl adjacent to an activating group) is 1. The van der Waals surface area contributed by atoms with Crippen LogP contribution < -0.4 is 10.6 Å². The number of nitrogens with zero attached hydrogens (tertiary/aromatic N) is 3. The zero-order valence-electron chi connectivity index (χ0n) is 27.9. The second-order valence-electron chi connectivity index (χ2n) is 16.0. The fraction of sp³-hybridized carbons (Fsp3) is 0.943. The van der Waals surface area contributed by atoms with Crippen LogP contribution in [0, 0.1) is 35.5 Å². The molecule has 6 aliphatic rings. The second-order valence-corrected chi connectivity index (χ2v) is 16.0. The molecule has 3 aliphatic carbocycles. The maximum atomic E-state index is 14.4. The van der Waals surface area contributed by atoms with Crippen LogP contribution in [-0.4, -0.2) is 103 Å². The summed E-state index contributed by atoms with van der Waals surface area (Å²) in [4.78, 5) is 34.9. The van der Waals surface area contributed by atoms with Gasteiger partial charge in [0.05, 0.1) is 5.92 Å². The van der Waals surface area contributed by atoms with Crippen molar-refractivity contribution in [2.75, 3.05) is 39.8 Å². The molecule has 0 aromatic carbocycles.